The number of carbonyl (C=O) groups excluding carboxylic acids is 2. The van der Waals surface area contributed by atoms with E-state index in [1.54, 1.807) is 26.0 Å². The minimum atomic E-state index is -1.01. The Bertz CT molecular complexity index is 661. The Balaban J connectivity index is 1.66. The van der Waals surface area contributed by atoms with Crippen molar-refractivity contribution in [3.63, 3.8) is 0 Å². The Morgan fingerprint density at radius 1 is 1.30 bits per heavy atom. The van der Waals surface area contributed by atoms with E-state index in [2.05, 4.69) is 5.32 Å². The number of fused-ring (bicyclic) bond motifs is 1. The van der Waals surface area contributed by atoms with Crippen molar-refractivity contribution in [2.24, 2.45) is 0 Å². The van der Waals surface area contributed by atoms with Gasteiger partial charge in [-0.2, -0.15) is 0 Å². The summed E-state index contributed by atoms with van der Waals surface area (Å²) in [5.41, 5.74) is 0.747. The number of aliphatic carboxylic acids is 1. The molecular formula is C16H17N2O4S. The average molecular weight is 333 g/mol. The first-order chi connectivity index (χ1) is 10.8. The monoisotopic (exact) mass is 333 g/mol. The lowest BCUT2D eigenvalue weighted by Gasteiger charge is -2.43. The summed E-state index contributed by atoms with van der Waals surface area (Å²) in [5, 5.41) is 11.7. The molecule has 2 N–H and O–H groups in total. The molecular weight excluding hydrogens is 316 g/mol. The first kappa shape index (κ1) is 15.9. The van der Waals surface area contributed by atoms with Crippen LogP contribution in [0.4, 0.5) is 0 Å². The number of nitrogens with zero attached hydrogens (tertiary/aromatic N) is 1. The SMILES string of the molecule is CC1(C)S[C@H]2C(NC(=O)[CH]c3ccccc3)C(=O)N2C1C(=O)O. The van der Waals surface area contributed by atoms with E-state index in [-0.39, 0.29) is 17.2 Å². The molecule has 0 bridgehead atoms. The standard InChI is InChI=1S/C16H17N2O4S/c1-16(2)12(15(21)22)18-13(20)11(14(18)23-16)17-10(19)8-9-6-4-3-5-7-9/h3-8,11-12,14H,1-2H3,(H,17,19)(H,21,22)/t11?,12?,14-/m0/s1. The number of hydrogen-bond acceptors (Lipinski definition) is 4. The molecule has 1 aromatic carbocycles. The van der Waals surface area contributed by atoms with Crippen LogP contribution in [0.3, 0.4) is 0 Å². The third-order valence-corrected chi connectivity index (χ3v) is 5.64. The molecule has 2 aliphatic heterocycles. The summed E-state index contributed by atoms with van der Waals surface area (Å²) < 4.78 is -0.589. The van der Waals surface area contributed by atoms with E-state index in [4.69, 9.17) is 0 Å². The van der Waals surface area contributed by atoms with Crippen molar-refractivity contribution < 1.29 is 19.5 Å². The molecule has 2 amide bonds. The van der Waals surface area contributed by atoms with Gasteiger partial charge in [-0.25, -0.2) is 4.79 Å². The molecule has 23 heavy (non-hydrogen) atoms. The third kappa shape index (κ3) is 2.69. The normalized spacial score (nSPS) is 28.0. The first-order valence-electron chi connectivity index (χ1n) is 7.24. The molecule has 0 spiro atoms. The van der Waals surface area contributed by atoms with Crippen LogP contribution in [0, 0.1) is 6.42 Å². The molecule has 121 valence electrons. The van der Waals surface area contributed by atoms with Gasteiger partial charge in [0.2, 0.25) is 11.8 Å². The summed E-state index contributed by atoms with van der Waals surface area (Å²) in [6.07, 6.45) is 1.43. The molecule has 3 atom stereocenters. The number of nitrogens with one attached hydrogen (secondary N) is 1. The van der Waals surface area contributed by atoms with Gasteiger partial charge < -0.3 is 15.3 Å². The smallest absolute Gasteiger partial charge is 0.327 e. The highest BCUT2D eigenvalue weighted by atomic mass is 32.2. The summed E-state index contributed by atoms with van der Waals surface area (Å²) in [6, 6.07) is 7.55. The second-order valence-corrected chi connectivity index (χ2v) is 7.91. The van der Waals surface area contributed by atoms with E-state index in [1.165, 1.54) is 23.1 Å². The van der Waals surface area contributed by atoms with Crippen LogP contribution >= 0.6 is 11.8 Å². The number of β-lactam (4-membered cyclic amide) rings is 1. The zero-order chi connectivity index (χ0) is 16.8. The Labute approximate surface area is 138 Å². The number of thioether (sulfide) groups is 1. The molecule has 2 unspecified atom stereocenters. The summed E-state index contributed by atoms with van der Waals surface area (Å²) in [7, 11) is 0. The van der Waals surface area contributed by atoms with Gasteiger partial charge in [0.05, 0.1) is 6.42 Å². The van der Waals surface area contributed by atoms with Crippen LogP contribution in [0.1, 0.15) is 19.4 Å². The van der Waals surface area contributed by atoms with Gasteiger partial charge in [-0.15, -0.1) is 11.8 Å². The van der Waals surface area contributed by atoms with Gasteiger partial charge in [-0.3, -0.25) is 9.59 Å². The lowest BCUT2D eigenvalue weighted by atomic mass is 9.96. The molecule has 2 heterocycles. The molecule has 7 heteroatoms. The molecule has 0 aromatic heterocycles. The Hall–Kier alpha value is -2.02. The van der Waals surface area contributed by atoms with Gasteiger partial charge in [0.1, 0.15) is 17.5 Å². The molecule has 0 aliphatic carbocycles. The highest BCUT2D eigenvalue weighted by Gasteiger charge is 2.64. The highest BCUT2D eigenvalue weighted by Crippen LogP contribution is 2.50. The molecule has 1 aromatic rings. The maximum Gasteiger partial charge on any atom is 0.327 e. The molecule has 0 saturated carbocycles. The van der Waals surface area contributed by atoms with Crippen LogP contribution in [0.5, 0.6) is 0 Å². The van der Waals surface area contributed by atoms with Crippen LogP contribution in [0.2, 0.25) is 0 Å². The van der Waals surface area contributed by atoms with Gasteiger partial charge in [-0.1, -0.05) is 30.3 Å². The van der Waals surface area contributed by atoms with Crippen LogP contribution in [-0.2, 0) is 14.4 Å². The molecule has 6 nitrogen and oxygen atoms in total. The van der Waals surface area contributed by atoms with Crippen molar-refractivity contribution in [1.82, 2.24) is 10.2 Å². The number of rotatable bonds is 4. The average Bonchev–Trinajstić information content (AvgIpc) is 2.74. The molecule has 2 fully saturated rings. The number of hydrogen-bond donors (Lipinski definition) is 2. The second-order valence-electron chi connectivity index (χ2n) is 6.14. The third-order valence-electron chi connectivity index (χ3n) is 4.07. The Morgan fingerprint density at radius 2 is 1.96 bits per heavy atom. The molecule has 2 saturated heterocycles. The van der Waals surface area contributed by atoms with E-state index in [9.17, 15) is 19.5 Å². The topological polar surface area (TPSA) is 86.7 Å². The Kier molecular flexibility index (Phi) is 3.83. The largest absolute Gasteiger partial charge is 0.480 e. The summed E-state index contributed by atoms with van der Waals surface area (Å²) in [4.78, 5) is 37.1. The molecule has 3 rings (SSSR count). The molecule has 2 aliphatic rings. The van der Waals surface area contributed by atoms with Gasteiger partial charge in [0, 0.05) is 4.75 Å². The zero-order valence-electron chi connectivity index (χ0n) is 12.7. The van der Waals surface area contributed by atoms with E-state index < -0.39 is 22.8 Å². The van der Waals surface area contributed by atoms with Crippen LogP contribution in [0.25, 0.3) is 0 Å². The fourth-order valence-electron chi connectivity index (χ4n) is 3.04. The second kappa shape index (κ2) is 5.56. The maximum atomic E-state index is 12.3. The van der Waals surface area contributed by atoms with Crippen molar-refractivity contribution in [1.29, 1.82) is 0 Å². The van der Waals surface area contributed by atoms with Crippen molar-refractivity contribution >= 4 is 29.5 Å². The minimum Gasteiger partial charge on any atom is -0.480 e. The van der Waals surface area contributed by atoms with Crippen LogP contribution < -0.4 is 5.32 Å². The minimum absolute atomic E-state index is 0.327. The van der Waals surface area contributed by atoms with Gasteiger partial charge in [-0.05, 0) is 19.4 Å². The van der Waals surface area contributed by atoms with Crippen molar-refractivity contribution in [2.45, 2.75) is 36.1 Å². The van der Waals surface area contributed by atoms with Crippen LogP contribution in [-0.4, -0.2) is 50.0 Å². The van der Waals surface area contributed by atoms with Crippen LogP contribution in [0.15, 0.2) is 30.3 Å². The molecule has 1 radical (unpaired) electrons. The maximum absolute atomic E-state index is 12.3. The summed E-state index contributed by atoms with van der Waals surface area (Å²) >= 11 is 1.41. The van der Waals surface area contributed by atoms with Crippen molar-refractivity contribution in [3.8, 4) is 0 Å². The Morgan fingerprint density at radius 3 is 2.57 bits per heavy atom. The number of amides is 2. The van der Waals surface area contributed by atoms with Crippen molar-refractivity contribution in [2.75, 3.05) is 0 Å². The van der Waals surface area contributed by atoms with Crippen molar-refractivity contribution in [3.05, 3.63) is 42.3 Å². The number of carbonyl (C=O) groups is 3. The lowest BCUT2D eigenvalue weighted by Crippen LogP contribution is -2.70. The number of carboxylic acids is 1. The highest BCUT2D eigenvalue weighted by molar-refractivity contribution is 8.01. The predicted octanol–water partition coefficient (Wildman–Crippen LogP) is 0.871. The van der Waals surface area contributed by atoms with E-state index in [0.29, 0.717) is 0 Å². The summed E-state index contributed by atoms with van der Waals surface area (Å²) in [5.74, 6) is -1.71. The summed E-state index contributed by atoms with van der Waals surface area (Å²) in [6.45, 7) is 3.61. The predicted molar refractivity (Wildman–Crippen MR) is 85.5 cm³/mol. The number of carboxylic acid groups (broad SMARTS) is 1. The van der Waals surface area contributed by atoms with E-state index in [0.717, 1.165) is 5.56 Å². The fourth-order valence-corrected chi connectivity index (χ4v) is 4.67. The van der Waals surface area contributed by atoms with Gasteiger partial charge >= 0.3 is 5.97 Å². The van der Waals surface area contributed by atoms with Gasteiger partial charge in [0.25, 0.3) is 0 Å². The zero-order valence-corrected chi connectivity index (χ0v) is 13.5. The first-order valence-corrected chi connectivity index (χ1v) is 8.12. The quantitative estimate of drug-likeness (QED) is 0.799. The number of benzene rings is 1. The lowest BCUT2D eigenvalue weighted by molar-refractivity contribution is -0.160. The van der Waals surface area contributed by atoms with Gasteiger partial charge in [0.15, 0.2) is 0 Å². The fraction of sp³-hybridized carbons (Fsp3) is 0.375. The van der Waals surface area contributed by atoms with E-state index in [1.807, 2.05) is 18.2 Å². The van der Waals surface area contributed by atoms with E-state index >= 15 is 0 Å².